The SMILES string of the molecule is CCC1(O)COc2cc(O)ccc2C1=C(C)C. The Kier molecular flexibility index (Phi) is 2.87. The van der Waals surface area contributed by atoms with Crippen LogP contribution in [-0.4, -0.2) is 22.4 Å². The molecule has 1 aromatic rings. The van der Waals surface area contributed by atoms with Crippen LogP contribution in [-0.2, 0) is 0 Å². The highest BCUT2D eigenvalue weighted by Gasteiger charge is 2.37. The number of aromatic hydroxyl groups is 1. The fourth-order valence-corrected chi connectivity index (χ4v) is 2.37. The lowest BCUT2D eigenvalue weighted by Crippen LogP contribution is -2.40. The minimum Gasteiger partial charge on any atom is -0.508 e. The molecule has 2 rings (SSSR count). The minimum atomic E-state index is -0.928. The number of allylic oxidation sites excluding steroid dienone is 1. The summed E-state index contributed by atoms with van der Waals surface area (Å²) >= 11 is 0. The lowest BCUT2D eigenvalue weighted by Gasteiger charge is -2.36. The average Bonchev–Trinajstić information content (AvgIpc) is 2.29. The van der Waals surface area contributed by atoms with Crippen LogP contribution in [0.4, 0.5) is 0 Å². The van der Waals surface area contributed by atoms with Crippen molar-refractivity contribution in [1.82, 2.24) is 0 Å². The number of rotatable bonds is 1. The van der Waals surface area contributed by atoms with Crippen LogP contribution in [0.1, 0.15) is 32.8 Å². The van der Waals surface area contributed by atoms with E-state index in [1.165, 1.54) is 0 Å². The molecule has 0 aromatic heterocycles. The van der Waals surface area contributed by atoms with Crippen molar-refractivity contribution < 1.29 is 14.9 Å². The molecule has 0 bridgehead atoms. The van der Waals surface area contributed by atoms with Gasteiger partial charge in [-0.25, -0.2) is 0 Å². The molecule has 2 N–H and O–H groups in total. The maximum atomic E-state index is 10.6. The van der Waals surface area contributed by atoms with Gasteiger partial charge < -0.3 is 14.9 Å². The highest BCUT2D eigenvalue weighted by Crippen LogP contribution is 2.43. The van der Waals surface area contributed by atoms with Gasteiger partial charge in [0.1, 0.15) is 23.7 Å². The number of fused-ring (bicyclic) bond motifs is 1. The maximum absolute atomic E-state index is 10.6. The van der Waals surface area contributed by atoms with Gasteiger partial charge in [-0.05, 0) is 38.0 Å². The highest BCUT2D eigenvalue weighted by atomic mass is 16.5. The molecule has 1 aromatic carbocycles. The molecule has 3 nitrogen and oxygen atoms in total. The lowest BCUT2D eigenvalue weighted by molar-refractivity contribution is 0.0354. The summed E-state index contributed by atoms with van der Waals surface area (Å²) < 4.78 is 5.55. The Bertz CT molecular complexity index is 472. The van der Waals surface area contributed by atoms with Crippen molar-refractivity contribution in [1.29, 1.82) is 0 Å². The van der Waals surface area contributed by atoms with Gasteiger partial charge in [-0.3, -0.25) is 0 Å². The molecule has 0 saturated heterocycles. The van der Waals surface area contributed by atoms with Crippen LogP contribution in [0.5, 0.6) is 11.5 Å². The third-order valence-electron chi connectivity index (χ3n) is 3.25. The predicted octanol–water partition coefficient (Wildman–Crippen LogP) is 2.72. The summed E-state index contributed by atoms with van der Waals surface area (Å²) in [5.41, 5.74) is 1.94. The Morgan fingerprint density at radius 1 is 1.41 bits per heavy atom. The van der Waals surface area contributed by atoms with Crippen molar-refractivity contribution in [3.05, 3.63) is 29.3 Å². The van der Waals surface area contributed by atoms with Crippen LogP contribution >= 0.6 is 0 Å². The van der Waals surface area contributed by atoms with Gasteiger partial charge in [0.05, 0.1) is 0 Å². The second-order valence-corrected chi connectivity index (χ2v) is 4.73. The summed E-state index contributed by atoms with van der Waals surface area (Å²) in [7, 11) is 0. The topological polar surface area (TPSA) is 49.7 Å². The van der Waals surface area contributed by atoms with Crippen molar-refractivity contribution in [2.45, 2.75) is 32.8 Å². The van der Waals surface area contributed by atoms with E-state index in [0.29, 0.717) is 12.2 Å². The van der Waals surface area contributed by atoms with Crippen LogP contribution < -0.4 is 4.74 Å². The fourth-order valence-electron chi connectivity index (χ4n) is 2.37. The van der Waals surface area contributed by atoms with Crippen LogP contribution in [0, 0.1) is 0 Å². The van der Waals surface area contributed by atoms with Gasteiger partial charge in [-0.1, -0.05) is 12.5 Å². The Morgan fingerprint density at radius 3 is 2.71 bits per heavy atom. The smallest absolute Gasteiger partial charge is 0.130 e. The van der Waals surface area contributed by atoms with Gasteiger partial charge in [-0.2, -0.15) is 0 Å². The molecule has 17 heavy (non-hydrogen) atoms. The first kappa shape index (κ1) is 12.0. The summed E-state index contributed by atoms with van der Waals surface area (Å²) in [6.07, 6.45) is 0.605. The standard InChI is InChI=1S/C14H18O3/c1-4-14(16)8-17-12-7-10(15)5-6-11(12)13(14)9(2)3/h5-7,15-16H,4,8H2,1-3H3. The van der Waals surface area contributed by atoms with Crippen LogP contribution in [0.3, 0.4) is 0 Å². The van der Waals surface area contributed by atoms with Gasteiger partial charge in [0.15, 0.2) is 0 Å². The molecule has 1 aliphatic heterocycles. The third kappa shape index (κ3) is 1.91. The first-order valence-electron chi connectivity index (χ1n) is 5.84. The van der Waals surface area contributed by atoms with Gasteiger partial charge in [0.2, 0.25) is 0 Å². The second-order valence-electron chi connectivity index (χ2n) is 4.73. The lowest BCUT2D eigenvalue weighted by atomic mass is 9.81. The number of ether oxygens (including phenoxy) is 1. The molecular weight excluding hydrogens is 216 g/mol. The van der Waals surface area contributed by atoms with Crippen LogP contribution in [0.15, 0.2) is 23.8 Å². The first-order chi connectivity index (χ1) is 7.98. The average molecular weight is 234 g/mol. The summed E-state index contributed by atoms with van der Waals surface area (Å²) in [6, 6.07) is 5.01. The van der Waals surface area contributed by atoms with Crippen molar-refractivity contribution in [3.63, 3.8) is 0 Å². The van der Waals surface area contributed by atoms with Crippen LogP contribution in [0.2, 0.25) is 0 Å². The van der Waals surface area contributed by atoms with Gasteiger partial charge in [-0.15, -0.1) is 0 Å². The zero-order valence-electron chi connectivity index (χ0n) is 10.4. The van der Waals surface area contributed by atoms with Crippen molar-refractivity contribution in [3.8, 4) is 11.5 Å². The zero-order chi connectivity index (χ0) is 12.6. The number of phenols is 1. The first-order valence-corrected chi connectivity index (χ1v) is 5.84. The quantitative estimate of drug-likeness (QED) is 0.785. The molecular formula is C14H18O3. The molecule has 1 atom stereocenters. The normalized spacial score (nSPS) is 22.9. The van der Waals surface area contributed by atoms with Crippen molar-refractivity contribution >= 4 is 5.57 Å². The zero-order valence-corrected chi connectivity index (χ0v) is 10.4. The fraction of sp³-hybridized carbons (Fsp3) is 0.429. The number of phenolic OH excluding ortho intramolecular Hbond substituents is 1. The summed E-state index contributed by atoms with van der Waals surface area (Å²) in [5, 5.41) is 20.0. The van der Waals surface area contributed by atoms with E-state index >= 15 is 0 Å². The van der Waals surface area contributed by atoms with Gasteiger partial charge in [0, 0.05) is 11.6 Å². The van der Waals surface area contributed by atoms with Crippen molar-refractivity contribution in [2.24, 2.45) is 0 Å². The van der Waals surface area contributed by atoms with E-state index in [2.05, 4.69) is 0 Å². The second kappa shape index (κ2) is 4.08. The van der Waals surface area contributed by atoms with Gasteiger partial charge in [0.25, 0.3) is 0 Å². The number of aliphatic hydroxyl groups is 1. The van der Waals surface area contributed by atoms with E-state index in [9.17, 15) is 10.2 Å². The highest BCUT2D eigenvalue weighted by molar-refractivity contribution is 5.80. The molecule has 1 aliphatic rings. The van der Waals surface area contributed by atoms with Crippen molar-refractivity contribution in [2.75, 3.05) is 6.61 Å². The maximum Gasteiger partial charge on any atom is 0.130 e. The third-order valence-corrected chi connectivity index (χ3v) is 3.25. The van der Waals surface area contributed by atoms with E-state index in [1.54, 1.807) is 18.2 Å². The Labute approximate surface area is 101 Å². The predicted molar refractivity (Wildman–Crippen MR) is 67.1 cm³/mol. The Balaban J connectivity index is 2.63. The van der Waals surface area contributed by atoms with E-state index in [-0.39, 0.29) is 12.4 Å². The molecule has 3 heteroatoms. The molecule has 0 aliphatic carbocycles. The molecule has 1 unspecified atom stereocenters. The Morgan fingerprint density at radius 2 is 2.12 bits per heavy atom. The molecule has 0 saturated carbocycles. The molecule has 0 fully saturated rings. The van der Waals surface area contributed by atoms with E-state index in [4.69, 9.17) is 4.74 Å². The molecule has 1 heterocycles. The summed E-state index contributed by atoms with van der Waals surface area (Å²) in [6.45, 7) is 6.15. The molecule has 0 radical (unpaired) electrons. The van der Waals surface area contributed by atoms with E-state index < -0.39 is 5.60 Å². The monoisotopic (exact) mass is 234 g/mol. The summed E-state index contributed by atoms with van der Waals surface area (Å²) in [4.78, 5) is 0. The van der Waals surface area contributed by atoms with Crippen LogP contribution in [0.25, 0.3) is 5.57 Å². The Hall–Kier alpha value is -1.48. The number of benzene rings is 1. The molecule has 0 amide bonds. The minimum absolute atomic E-state index is 0.179. The van der Waals surface area contributed by atoms with E-state index in [1.807, 2.05) is 20.8 Å². The number of hydrogen-bond acceptors (Lipinski definition) is 3. The van der Waals surface area contributed by atoms with Gasteiger partial charge >= 0.3 is 0 Å². The molecule has 0 spiro atoms. The molecule has 92 valence electrons. The number of hydrogen-bond donors (Lipinski definition) is 2. The summed E-state index contributed by atoms with van der Waals surface area (Å²) in [5.74, 6) is 0.818. The largest absolute Gasteiger partial charge is 0.508 e. The van der Waals surface area contributed by atoms with E-state index in [0.717, 1.165) is 16.7 Å².